The molecule has 2 N–H and O–H groups in total. The fraction of sp³-hybridized carbons (Fsp3) is 1.00. The van der Waals surface area contributed by atoms with Crippen LogP contribution in [0.1, 0.15) is 113 Å². The molecule has 0 heterocycles. The van der Waals surface area contributed by atoms with Gasteiger partial charge < -0.3 is 10.2 Å². The van der Waals surface area contributed by atoms with Gasteiger partial charge in [0.25, 0.3) is 0 Å². The molecule has 8 unspecified atom stereocenters. The highest BCUT2D eigenvalue weighted by atomic mass is 16.3. The molecule has 0 aromatic rings. The SMILES string of the molecule is CCCC1(CO)CC[C@]2(C)C(CCC3C4(C)CCC(O)C(C)(C)C4CCC32C)C1C. The van der Waals surface area contributed by atoms with Crippen LogP contribution in [-0.2, 0) is 0 Å². The van der Waals surface area contributed by atoms with Gasteiger partial charge in [0.05, 0.1) is 6.10 Å². The molecule has 9 atom stereocenters. The van der Waals surface area contributed by atoms with Crippen LogP contribution in [0, 0.1) is 50.7 Å². The number of fused-ring (bicyclic) bond motifs is 5. The molecule has 4 rings (SSSR count). The molecule has 0 saturated heterocycles. The van der Waals surface area contributed by atoms with Crippen LogP contribution < -0.4 is 0 Å². The van der Waals surface area contributed by atoms with Gasteiger partial charge in [0.15, 0.2) is 0 Å². The predicted octanol–water partition coefficient (Wildman–Crippen LogP) is 6.83. The van der Waals surface area contributed by atoms with Crippen molar-refractivity contribution in [2.24, 2.45) is 50.7 Å². The third-order valence-electron chi connectivity index (χ3n) is 12.7. The van der Waals surface area contributed by atoms with Crippen LogP contribution in [0.5, 0.6) is 0 Å². The van der Waals surface area contributed by atoms with Gasteiger partial charge in [0.2, 0.25) is 0 Å². The van der Waals surface area contributed by atoms with Crippen molar-refractivity contribution in [3.63, 3.8) is 0 Å². The summed E-state index contributed by atoms with van der Waals surface area (Å²) in [5.41, 5.74) is 1.33. The van der Waals surface area contributed by atoms with Crippen LogP contribution in [-0.4, -0.2) is 22.9 Å². The van der Waals surface area contributed by atoms with Crippen molar-refractivity contribution >= 4 is 0 Å². The van der Waals surface area contributed by atoms with Gasteiger partial charge in [-0.2, -0.15) is 0 Å². The van der Waals surface area contributed by atoms with E-state index in [-0.39, 0.29) is 16.9 Å². The van der Waals surface area contributed by atoms with Gasteiger partial charge in [-0.25, -0.2) is 0 Å². The van der Waals surface area contributed by atoms with Crippen molar-refractivity contribution in [2.45, 2.75) is 119 Å². The molecule has 174 valence electrons. The molecule has 0 aromatic heterocycles. The molecule has 4 saturated carbocycles. The number of hydrogen-bond acceptors (Lipinski definition) is 2. The Bertz CT molecular complexity index is 657. The normalized spacial score (nSPS) is 55.3. The molecule has 30 heavy (non-hydrogen) atoms. The highest BCUT2D eigenvalue weighted by Crippen LogP contribution is 2.75. The second-order valence-corrected chi connectivity index (χ2v) is 13.6. The zero-order valence-electron chi connectivity index (χ0n) is 21.1. The summed E-state index contributed by atoms with van der Waals surface area (Å²) >= 11 is 0. The lowest BCUT2D eigenvalue weighted by Crippen LogP contribution is -2.66. The predicted molar refractivity (Wildman–Crippen MR) is 125 cm³/mol. The first-order valence-corrected chi connectivity index (χ1v) is 13.2. The Kier molecular flexibility index (Phi) is 5.55. The summed E-state index contributed by atoms with van der Waals surface area (Å²) in [5.74, 6) is 2.78. The average molecular weight is 419 g/mol. The van der Waals surface area contributed by atoms with E-state index in [1.54, 1.807) is 0 Å². The monoisotopic (exact) mass is 418 g/mol. The first-order chi connectivity index (χ1) is 13.9. The molecule has 2 heteroatoms. The van der Waals surface area contributed by atoms with Crippen LogP contribution in [0.4, 0.5) is 0 Å². The van der Waals surface area contributed by atoms with Gasteiger partial charge in [0.1, 0.15) is 0 Å². The molecule has 0 aliphatic heterocycles. The van der Waals surface area contributed by atoms with Gasteiger partial charge in [-0.3, -0.25) is 0 Å². The van der Waals surface area contributed by atoms with Crippen LogP contribution >= 0.6 is 0 Å². The topological polar surface area (TPSA) is 40.5 Å². The quantitative estimate of drug-likeness (QED) is 0.527. The third kappa shape index (κ3) is 2.74. The van der Waals surface area contributed by atoms with E-state index in [9.17, 15) is 10.2 Å². The summed E-state index contributed by atoms with van der Waals surface area (Å²) in [4.78, 5) is 0. The van der Waals surface area contributed by atoms with E-state index in [1.165, 1.54) is 57.8 Å². The summed E-state index contributed by atoms with van der Waals surface area (Å²) < 4.78 is 0. The highest BCUT2D eigenvalue weighted by molar-refractivity contribution is 5.17. The van der Waals surface area contributed by atoms with Gasteiger partial charge in [-0.05, 0) is 109 Å². The highest BCUT2D eigenvalue weighted by Gasteiger charge is 2.68. The maximum atomic E-state index is 10.8. The molecule has 0 radical (unpaired) electrons. The van der Waals surface area contributed by atoms with Crippen LogP contribution in [0.25, 0.3) is 0 Å². The number of rotatable bonds is 3. The van der Waals surface area contributed by atoms with Gasteiger partial charge >= 0.3 is 0 Å². The standard InChI is InChI=1S/C28H50O2/c1-8-13-28(18-29)17-16-26(6)20(19(28)2)9-10-22-25(5)14-12-23(30)24(3,4)21(25)11-15-27(22,26)7/h19-23,29-30H,8-18H2,1-7H3/t19?,20?,21?,22?,23?,25?,26-,27?,28?/m1/s1. The zero-order valence-corrected chi connectivity index (χ0v) is 21.1. The Morgan fingerprint density at radius 3 is 2.13 bits per heavy atom. The van der Waals surface area contributed by atoms with Gasteiger partial charge in [-0.1, -0.05) is 54.9 Å². The minimum atomic E-state index is -0.138. The first kappa shape index (κ1) is 23.1. The minimum absolute atomic E-state index is 0.0408. The lowest BCUT2D eigenvalue weighted by atomic mass is 9.32. The lowest BCUT2D eigenvalue weighted by molar-refractivity contribution is -0.249. The number of hydrogen-bond donors (Lipinski definition) is 2. The van der Waals surface area contributed by atoms with Crippen molar-refractivity contribution in [1.82, 2.24) is 0 Å². The van der Waals surface area contributed by atoms with Crippen molar-refractivity contribution < 1.29 is 10.2 Å². The van der Waals surface area contributed by atoms with Crippen LogP contribution in [0.3, 0.4) is 0 Å². The van der Waals surface area contributed by atoms with E-state index in [0.29, 0.717) is 34.7 Å². The van der Waals surface area contributed by atoms with Crippen LogP contribution in [0.15, 0.2) is 0 Å². The smallest absolute Gasteiger partial charge is 0.0594 e. The van der Waals surface area contributed by atoms with Crippen molar-refractivity contribution in [3.8, 4) is 0 Å². The molecule has 0 spiro atoms. The van der Waals surface area contributed by atoms with Crippen LogP contribution in [0.2, 0.25) is 0 Å². The molecule has 4 aliphatic carbocycles. The third-order valence-corrected chi connectivity index (χ3v) is 12.7. The second kappa shape index (κ2) is 7.21. The zero-order chi connectivity index (χ0) is 22.2. The minimum Gasteiger partial charge on any atom is -0.396 e. The molecular formula is C28H50O2. The molecule has 2 nitrogen and oxygen atoms in total. The molecule has 0 amide bonds. The van der Waals surface area contributed by atoms with E-state index < -0.39 is 0 Å². The number of aliphatic hydroxyl groups excluding tert-OH is 2. The maximum absolute atomic E-state index is 10.8. The molecule has 0 aromatic carbocycles. The van der Waals surface area contributed by atoms with Gasteiger partial charge in [0, 0.05) is 6.61 Å². The Labute approximate surface area is 186 Å². The molecule has 4 aliphatic rings. The Balaban J connectivity index is 1.70. The van der Waals surface area contributed by atoms with Gasteiger partial charge in [-0.15, -0.1) is 0 Å². The summed E-state index contributed by atoms with van der Waals surface area (Å²) in [7, 11) is 0. The summed E-state index contributed by atoms with van der Waals surface area (Å²) in [6.07, 6.45) is 12.2. The summed E-state index contributed by atoms with van der Waals surface area (Å²) in [6, 6.07) is 0. The average Bonchev–Trinajstić information content (AvgIpc) is 2.69. The number of aliphatic hydroxyl groups is 2. The van der Waals surface area contributed by atoms with E-state index in [0.717, 1.165) is 18.3 Å². The summed E-state index contributed by atoms with van der Waals surface area (Å²) in [6.45, 7) is 17.8. The Hall–Kier alpha value is -0.0800. The van der Waals surface area contributed by atoms with E-state index in [4.69, 9.17) is 0 Å². The first-order valence-electron chi connectivity index (χ1n) is 13.2. The largest absolute Gasteiger partial charge is 0.396 e. The van der Waals surface area contributed by atoms with E-state index in [2.05, 4.69) is 48.5 Å². The van der Waals surface area contributed by atoms with Crippen molar-refractivity contribution in [3.05, 3.63) is 0 Å². The fourth-order valence-electron chi connectivity index (χ4n) is 10.5. The molecular weight excluding hydrogens is 368 g/mol. The Morgan fingerprint density at radius 2 is 1.50 bits per heavy atom. The van der Waals surface area contributed by atoms with E-state index in [1.807, 2.05) is 0 Å². The lowest BCUT2D eigenvalue weighted by Gasteiger charge is -2.73. The molecule has 4 fully saturated rings. The van der Waals surface area contributed by atoms with E-state index >= 15 is 0 Å². The Morgan fingerprint density at radius 1 is 0.800 bits per heavy atom. The van der Waals surface area contributed by atoms with Crippen molar-refractivity contribution in [2.75, 3.05) is 6.61 Å². The van der Waals surface area contributed by atoms with Crippen molar-refractivity contribution in [1.29, 1.82) is 0 Å². The second-order valence-electron chi connectivity index (χ2n) is 13.6. The molecule has 0 bridgehead atoms. The fourth-order valence-corrected chi connectivity index (χ4v) is 10.5. The summed E-state index contributed by atoms with van der Waals surface area (Å²) in [5, 5.41) is 21.3. The maximum Gasteiger partial charge on any atom is 0.0594 e.